The van der Waals surface area contributed by atoms with Crippen LogP contribution in [0.15, 0.2) is 47.3 Å². The third-order valence-corrected chi connectivity index (χ3v) is 6.23. The van der Waals surface area contributed by atoms with E-state index in [1.807, 2.05) is 4.90 Å². The average molecular weight is 492 g/mol. The van der Waals surface area contributed by atoms with Crippen LogP contribution in [0.1, 0.15) is 18.4 Å². The van der Waals surface area contributed by atoms with Crippen molar-refractivity contribution in [2.45, 2.75) is 25.4 Å². The Hall–Kier alpha value is -4.23. The molecule has 0 amide bonds. The number of ether oxygens (including phenoxy) is 2. The fourth-order valence-corrected chi connectivity index (χ4v) is 4.20. The molecule has 0 aliphatic carbocycles. The van der Waals surface area contributed by atoms with Crippen LogP contribution in [0.3, 0.4) is 0 Å². The number of methoxy groups -OCH3 is 2. The summed E-state index contributed by atoms with van der Waals surface area (Å²) >= 11 is 0. The molecule has 9 nitrogen and oxygen atoms in total. The molecule has 0 atom stereocenters. The van der Waals surface area contributed by atoms with E-state index in [0.29, 0.717) is 42.8 Å². The highest BCUT2D eigenvalue weighted by atomic mass is 19.1. The van der Waals surface area contributed by atoms with E-state index in [9.17, 15) is 14.0 Å². The highest BCUT2D eigenvalue weighted by Gasteiger charge is 2.26. The largest absolute Gasteiger partial charge is 0.497 e. The Labute approximate surface area is 207 Å². The Morgan fingerprint density at radius 2 is 1.83 bits per heavy atom. The summed E-state index contributed by atoms with van der Waals surface area (Å²) in [6.45, 7) is 0.737. The molecule has 0 spiro atoms. The molecule has 0 radical (unpaired) electrons. The van der Waals surface area contributed by atoms with Crippen molar-refractivity contribution in [3.05, 3.63) is 64.2 Å². The molecule has 3 aromatic rings. The van der Waals surface area contributed by atoms with E-state index in [1.54, 1.807) is 36.4 Å². The van der Waals surface area contributed by atoms with Gasteiger partial charge in [-0.05, 0) is 42.7 Å². The number of carbonyl (C=O) groups is 1. The van der Waals surface area contributed by atoms with Crippen molar-refractivity contribution < 1.29 is 18.7 Å². The molecule has 1 fully saturated rings. The maximum atomic E-state index is 14.6. The zero-order valence-electron chi connectivity index (χ0n) is 20.0. The van der Waals surface area contributed by atoms with E-state index in [4.69, 9.17) is 25.5 Å². The summed E-state index contributed by atoms with van der Waals surface area (Å²) in [5.74, 6) is -0.461. The molecular weight excluding hydrogens is 465 g/mol. The number of piperidine rings is 1. The minimum atomic E-state index is -0.721. The summed E-state index contributed by atoms with van der Waals surface area (Å²) in [5.41, 5.74) is 6.73. The maximum absolute atomic E-state index is 14.6. The predicted molar refractivity (Wildman–Crippen MR) is 132 cm³/mol. The van der Waals surface area contributed by atoms with Crippen LogP contribution in [0, 0.1) is 17.1 Å². The lowest BCUT2D eigenvalue weighted by molar-refractivity contribution is -0.141. The Morgan fingerprint density at radius 3 is 2.42 bits per heavy atom. The molecule has 10 heteroatoms. The molecule has 0 bridgehead atoms. The normalized spacial score (nSPS) is 13.8. The topological polar surface area (TPSA) is 123 Å². The second-order valence-corrected chi connectivity index (χ2v) is 8.46. The zero-order valence-corrected chi connectivity index (χ0v) is 20.0. The van der Waals surface area contributed by atoms with Crippen molar-refractivity contribution in [3.8, 4) is 34.2 Å². The van der Waals surface area contributed by atoms with Crippen molar-refractivity contribution in [3.63, 3.8) is 0 Å². The van der Waals surface area contributed by atoms with Gasteiger partial charge in [-0.25, -0.2) is 9.37 Å². The number of esters is 1. The van der Waals surface area contributed by atoms with Gasteiger partial charge in [-0.3, -0.25) is 14.2 Å². The van der Waals surface area contributed by atoms with Gasteiger partial charge < -0.3 is 20.1 Å². The first-order valence-corrected chi connectivity index (χ1v) is 11.4. The molecule has 2 heterocycles. The molecule has 186 valence electrons. The van der Waals surface area contributed by atoms with Crippen LogP contribution >= 0.6 is 0 Å². The molecular formula is C26H26FN5O4. The lowest BCUT2D eigenvalue weighted by Crippen LogP contribution is -2.43. The van der Waals surface area contributed by atoms with E-state index < -0.39 is 17.3 Å². The molecule has 1 aliphatic heterocycles. The molecule has 2 aromatic carbocycles. The summed E-state index contributed by atoms with van der Waals surface area (Å²) in [7, 11) is 2.78. The fraction of sp³-hybridized carbons (Fsp3) is 0.308. The van der Waals surface area contributed by atoms with Gasteiger partial charge in [-0.15, -0.1) is 0 Å². The molecule has 4 rings (SSSR count). The van der Waals surface area contributed by atoms with Crippen molar-refractivity contribution >= 4 is 11.9 Å². The van der Waals surface area contributed by atoms with Gasteiger partial charge in [0.05, 0.1) is 31.0 Å². The summed E-state index contributed by atoms with van der Waals surface area (Å²) in [5, 5.41) is 9.15. The van der Waals surface area contributed by atoms with Crippen molar-refractivity contribution in [2.75, 3.05) is 32.2 Å². The second kappa shape index (κ2) is 10.6. The van der Waals surface area contributed by atoms with Crippen molar-refractivity contribution in [2.24, 2.45) is 5.73 Å². The number of benzene rings is 2. The minimum absolute atomic E-state index is 0.0349. The first kappa shape index (κ1) is 24.9. The fourth-order valence-electron chi connectivity index (χ4n) is 4.20. The van der Waals surface area contributed by atoms with Gasteiger partial charge in [-0.1, -0.05) is 18.2 Å². The zero-order chi connectivity index (χ0) is 25.8. The summed E-state index contributed by atoms with van der Waals surface area (Å²) in [4.78, 5) is 33.0. The number of halogens is 1. The van der Waals surface area contributed by atoms with Gasteiger partial charge >= 0.3 is 5.97 Å². The molecule has 1 aliphatic rings. The quantitative estimate of drug-likeness (QED) is 0.522. The molecule has 2 N–H and O–H groups in total. The standard InChI is InChI=1S/C26H26FN5O4/c1-35-20-7-5-16(6-8-20)23-24(17-3-4-18(14-28)21(27)13-17)30-26(31-11-9-19(29)10-12-31)32(25(23)34)15-22(33)36-2/h3-8,13,19H,9-12,15,29H2,1-2H3. The monoisotopic (exact) mass is 491 g/mol. The first-order chi connectivity index (χ1) is 17.4. The van der Waals surface area contributed by atoms with E-state index >= 15 is 0 Å². The maximum Gasteiger partial charge on any atom is 0.325 e. The van der Waals surface area contributed by atoms with Crippen LogP contribution in [0.4, 0.5) is 10.3 Å². The highest BCUT2D eigenvalue weighted by molar-refractivity contribution is 5.82. The third kappa shape index (κ3) is 4.92. The Morgan fingerprint density at radius 1 is 1.17 bits per heavy atom. The molecule has 1 aromatic heterocycles. The van der Waals surface area contributed by atoms with Crippen molar-refractivity contribution in [1.29, 1.82) is 5.26 Å². The van der Waals surface area contributed by atoms with E-state index in [1.165, 1.54) is 30.9 Å². The summed E-state index contributed by atoms with van der Waals surface area (Å²) in [6, 6.07) is 12.7. The van der Waals surface area contributed by atoms with Gasteiger partial charge in [0, 0.05) is 24.7 Å². The number of nitriles is 1. The minimum Gasteiger partial charge on any atom is -0.497 e. The number of nitrogens with two attached hydrogens (primary N) is 1. The van der Waals surface area contributed by atoms with Crippen LogP contribution in [0.2, 0.25) is 0 Å². The number of rotatable bonds is 6. The van der Waals surface area contributed by atoms with Gasteiger partial charge in [-0.2, -0.15) is 5.26 Å². The molecule has 36 heavy (non-hydrogen) atoms. The molecule has 1 saturated heterocycles. The smallest absolute Gasteiger partial charge is 0.325 e. The van der Waals surface area contributed by atoms with Crippen LogP contribution in [-0.4, -0.2) is 48.9 Å². The third-order valence-electron chi connectivity index (χ3n) is 6.23. The van der Waals surface area contributed by atoms with Crippen LogP contribution in [-0.2, 0) is 16.1 Å². The predicted octanol–water partition coefficient (Wildman–Crippen LogP) is 2.70. The van der Waals surface area contributed by atoms with Crippen LogP contribution in [0.25, 0.3) is 22.4 Å². The first-order valence-electron chi connectivity index (χ1n) is 11.4. The van der Waals surface area contributed by atoms with Gasteiger partial charge in [0.25, 0.3) is 5.56 Å². The average Bonchev–Trinajstić information content (AvgIpc) is 2.90. The molecule has 0 saturated carbocycles. The Bertz CT molecular complexity index is 1370. The number of anilines is 1. The molecule has 0 unspecified atom stereocenters. The summed E-state index contributed by atoms with van der Waals surface area (Å²) < 4.78 is 26.0. The number of hydrogen-bond acceptors (Lipinski definition) is 8. The lowest BCUT2D eigenvalue weighted by atomic mass is 9.99. The SMILES string of the molecule is COC(=O)Cn1c(N2CCC(N)CC2)nc(-c2ccc(C#N)c(F)c2)c(-c2ccc(OC)cc2)c1=O. The van der Waals surface area contributed by atoms with Gasteiger partial charge in [0.2, 0.25) is 5.95 Å². The van der Waals surface area contributed by atoms with E-state index in [0.717, 1.165) is 0 Å². The second-order valence-electron chi connectivity index (χ2n) is 8.46. The van der Waals surface area contributed by atoms with E-state index in [2.05, 4.69) is 0 Å². The number of nitrogens with zero attached hydrogens (tertiary/aromatic N) is 4. The lowest BCUT2D eigenvalue weighted by Gasteiger charge is -2.33. The Balaban J connectivity index is 2.00. The van der Waals surface area contributed by atoms with Crippen LogP contribution in [0.5, 0.6) is 5.75 Å². The van der Waals surface area contributed by atoms with Crippen molar-refractivity contribution in [1.82, 2.24) is 9.55 Å². The van der Waals surface area contributed by atoms with Gasteiger partial charge in [0.1, 0.15) is 24.2 Å². The summed E-state index contributed by atoms with van der Waals surface area (Å²) in [6.07, 6.45) is 1.38. The Kier molecular flexibility index (Phi) is 7.31. The number of hydrogen-bond donors (Lipinski definition) is 1. The number of aromatic nitrogens is 2. The highest BCUT2D eigenvalue weighted by Crippen LogP contribution is 2.32. The number of carbonyl (C=O) groups excluding carboxylic acids is 1. The van der Waals surface area contributed by atoms with Gasteiger partial charge in [0.15, 0.2) is 0 Å². The van der Waals surface area contributed by atoms with Crippen LogP contribution < -0.4 is 20.9 Å². The van der Waals surface area contributed by atoms with E-state index in [-0.39, 0.29) is 35.4 Å².